The molecule has 0 fully saturated rings. The van der Waals surface area contributed by atoms with E-state index in [1.165, 1.54) is 51.4 Å². The molecule has 0 aliphatic heterocycles. The fourth-order valence-corrected chi connectivity index (χ4v) is 2.62. The van der Waals surface area contributed by atoms with Crippen molar-refractivity contribution in [1.29, 1.82) is 0 Å². The van der Waals surface area contributed by atoms with Crippen LogP contribution in [0.5, 0.6) is 0 Å². The minimum absolute atomic E-state index is 0.747. The monoisotopic (exact) mass is 296 g/mol. The third-order valence-corrected chi connectivity index (χ3v) is 3.99. The van der Waals surface area contributed by atoms with Gasteiger partial charge in [0.25, 0.3) is 0 Å². The molecule has 0 aliphatic carbocycles. The van der Waals surface area contributed by atoms with Crippen LogP contribution >= 0.6 is 11.6 Å². The van der Waals surface area contributed by atoms with Crippen molar-refractivity contribution in [3.05, 3.63) is 23.2 Å². The van der Waals surface area contributed by atoms with E-state index in [0.717, 1.165) is 22.9 Å². The molecular weight excluding hydrogens is 268 g/mol. The predicted molar refractivity (Wildman–Crippen MR) is 91.7 cm³/mol. The molecule has 1 aromatic rings. The van der Waals surface area contributed by atoms with Crippen LogP contribution in [0, 0.1) is 0 Å². The second kappa shape index (κ2) is 9.93. The number of benzene rings is 1. The van der Waals surface area contributed by atoms with E-state index in [2.05, 4.69) is 18.9 Å². The van der Waals surface area contributed by atoms with Crippen molar-refractivity contribution in [2.24, 2.45) is 0 Å². The van der Waals surface area contributed by atoms with Crippen molar-refractivity contribution in [3.63, 3.8) is 0 Å². The third-order valence-electron chi connectivity index (χ3n) is 3.75. The summed E-state index contributed by atoms with van der Waals surface area (Å²) in [6, 6.07) is 5.66. The number of unbranched alkanes of at least 4 members (excludes halogenated alkanes) is 7. The summed E-state index contributed by atoms with van der Waals surface area (Å²) in [5.74, 6) is 0. The molecule has 0 saturated heterocycles. The number of hydrogen-bond donors (Lipinski definition) is 1. The van der Waals surface area contributed by atoms with E-state index >= 15 is 0 Å². The molecule has 0 aliphatic rings. The Hall–Kier alpha value is -0.890. The highest BCUT2D eigenvalue weighted by molar-refractivity contribution is 6.31. The minimum atomic E-state index is 0.747. The lowest BCUT2D eigenvalue weighted by atomic mass is 10.1. The molecule has 114 valence electrons. The van der Waals surface area contributed by atoms with Gasteiger partial charge in [0.15, 0.2) is 0 Å². The van der Waals surface area contributed by atoms with E-state index in [-0.39, 0.29) is 0 Å². The molecule has 2 N–H and O–H groups in total. The predicted octanol–water partition coefficient (Wildman–Crippen LogP) is 5.50. The Labute approximate surface area is 129 Å². The Kier molecular flexibility index (Phi) is 8.52. The first-order valence-corrected chi connectivity index (χ1v) is 8.29. The molecule has 1 rings (SSSR count). The molecule has 0 aromatic heterocycles. The number of hydrogen-bond acceptors (Lipinski definition) is 2. The fourth-order valence-electron chi connectivity index (χ4n) is 2.45. The number of halogens is 1. The van der Waals surface area contributed by atoms with Gasteiger partial charge in [0.1, 0.15) is 0 Å². The van der Waals surface area contributed by atoms with Crippen molar-refractivity contribution in [3.8, 4) is 0 Å². The van der Waals surface area contributed by atoms with Crippen LogP contribution in [0.2, 0.25) is 5.02 Å². The summed E-state index contributed by atoms with van der Waals surface area (Å²) in [7, 11) is 2.09. The summed E-state index contributed by atoms with van der Waals surface area (Å²) in [6.07, 6.45) is 10.8. The number of rotatable bonds is 10. The average molecular weight is 297 g/mol. The summed E-state index contributed by atoms with van der Waals surface area (Å²) in [4.78, 5) is 2.21. The summed E-state index contributed by atoms with van der Waals surface area (Å²) in [5.41, 5.74) is 7.83. The standard InChI is InChI=1S/C17H29ClN2/c1-3-4-5-6-7-8-9-10-13-20(2)17-14-15(18)11-12-16(17)19/h11-12,14H,3-10,13,19H2,1-2H3. The summed E-state index contributed by atoms with van der Waals surface area (Å²) >= 11 is 6.02. The molecule has 0 unspecified atom stereocenters. The van der Waals surface area contributed by atoms with Crippen LogP contribution < -0.4 is 10.6 Å². The van der Waals surface area contributed by atoms with Gasteiger partial charge in [0.05, 0.1) is 11.4 Å². The Morgan fingerprint density at radius 1 is 1.00 bits per heavy atom. The van der Waals surface area contributed by atoms with Crippen LogP contribution in [0.1, 0.15) is 58.3 Å². The smallest absolute Gasteiger partial charge is 0.0612 e. The minimum Gasteiger partial charge on any atom is -0.397 e. The molecule has 0 bridgehead atoms. The maximum absolute atomic E-state index is 6.02. The Balaban J connectivity index is 2.17. The van der Waals surface area contributed by atoms with Gasteiger partial charge in [0.2, 0.25) is 0 Å². The first-order valence-electron chi connectivity index (χ1n) is 7.91. The number of nitrogens with two attached hydrogens (primary N) is 1. The fraction of sp³-hybridized carbons (Fsp3) is 0.647. The normalized spacial score (nSPS) is 10.8. The van der Waals surface area contributed by atoms with E-state index in [1.54, 1.807) is 0 Å². The summed E-state index contributed by atoms with van der Waals surface area (Å²) in [5, 5.41) is 0.747. The van der Waals surface area contributed by atoms with E-state index in [0.29, 0.717) is 0 Å². The maximum atomic E-state index is 6.02. The van der Waals surface area contributed by atoms with Crippen LogP contribution in [0.4, 0.5) is 11.4 Å². The van der Waals surface area contributed by atoms with Crippen molar-refractivity contribution in [1.82, 2.24) is 0 Å². The molecule has 20 heavy (non-hydrogen) atoms. The lowest BCUT2D eigenvalue weighted by Crippen LogP contribution is -2.19. The quantitative estimate of drug-likeness (QED) is 0.456. The van der Waals surface area contributed by atoms with Crippen molar-refractivity contribution in [2.45, 2.75) is 58.3 Å². The molecule has 2 nitrogen and oxygen atoms in total. The molecule has 0 saturated carbocycles. The van der Waals surface area contributed by atoms with Gasteiger partial charge < -0.3 is 10.6 Å². The number of anilines is 2. The van der Waals surface area contributed by atoms with E-state index in [4.69, 9.17) is 17.3 Å². The second-order valence-corrected chi connectivity index (χ2v) is 6.04. The van der Waals surface area contributed by atoms with Crippen LogP contribution in [0.3, 0.4) is 0 Å². The van der Waals surface area contributed by atoms with Gasteiger partial charge >= 0.3 is 0 Å². The first kappa shape index (κ1) is 17.2. The zero-order valence-electron chi connectivity index (χ0n) is 13.0. The highest BCUT2D eigenvalue weighted by Gasteiger charge is 2.05. The zero-order chi connectivity index (χ0) is 14.8. The first-order chi connectivity index (χ1) is 9.65. The van der Waals surface area contributed by atoms with E-state index < -0.39 is 0 Å². The lowest BCUT2D eigenvalue weighted by Gasteiger charge is -2.21. The molecule has 0 spiro atoms. The molecule has 0 amide bonds. The summed E-state index contributed by atoms with van der Waals surface area (Å²) < 4.78 is 0. The second-order valence-electron chi connectivity index (χ2n) is 5.60. The van der Waals surface area contributed by atoms with Gasteiger partial charge in [-0.15, -0.1) is 0 Å². The van der Waals surface area contributed by atoms with Crippen molar-refractivity contribution >= 4 is 23.0 Å². The summed E-state index contributed by atoms with van der Waals surface area (Å²) in [6.45, 7) is 3.30. The topological polar surface area (TPSA) is 29.3 Å². The molecular formula is C17H29ClN2. The van der Waals surface area contributed by atoms with Crippen LogP contribution in [0.15, 0.2) is 18.2 Å². The van der Waals surface area contributed by atoms with E-state index in [9.17, 15) is 0 Å². The highest BCUT2D eigenvalue weighted by Crippen LogP contribution is 2.26. The third kappa shape index (κ3) is 6.51. The van der Waals surface area contributed by atoms with Gasteiger partial charge in [-0.2, -0.15) is 0 Å². The van der Waals surface area contributed by atoms with Gasteiger partial charge in [-0.25, -0.2) is 0 Å². The van der Waals surface area contributed by atoms with Crippen LogP contribution in [-0.2, 0) is 0 Å². The van der Waals surface area contributed by atoms with E-state index in [1.807, 2.05) is 18.2 Å². The Bertz CT molecular complexity index is 379. The average Bonchev–Trinajstić information content (AvgIpc) is 2.44. The largest absolute Gasteiger partial charge is 0.397 e. The van der Waals surface area contributed by atoms with Crippen LogP contribution in [0.25, 0.3) is 0 Å². The van der Waals surface area contributed by atoms with Gasteiger partial charge in [0, 0.05) is 18.6 Å². The number of nitrogens with zero attached hydrogens (tertiary/aromatic N) is 1. The number of nitrogen functional groups attached to an aromatic ring is 1. The SMILES string of the molecule is CCCCCCCCCCN(C)c1cc(Cl)ccc1N. The highest BCUT2D eigenvalue weighted by atomic mass is 35.5. The van der Waals surface area contributed by atoms with Crippen molar-refractivity contribution in [2.75, 3.05) is 24.2 Å². The molecule has 3 heteroatoms. The zero-order valence-corrected chi connectivity index (χ0v) is 13.8. The Morgan fingerprint density at radius 2 is 1.60 bits per heavy atom. The van der Waals surface area contributed by atoms with Crippen molar-refractivity contribution < 1.29 is 0 Å². The Morgan fingerprint density at radius 3 is 2.25 bits per heavy atom. The molecule has 0 radical (unpaired) electrons. The van der Waals surface area contributed by atoms with Gasteiger partial charge in [-0.05, 0) is 24.6 Å². The molecule has 0 atom stereocenters. The maximum Gasteiger partial charge on any atom is 0.0612 e. The molecule has 1 aromatic carbocycles. The lowest BCUT2D eigenvalue weighted by molar-refractivity contribution is 0.575. The van der Waals surface area contributed by atoms with Crippen LogP contribution in [-0.4, -0.2) is 13.6 Å². The molecule has 0 heterocycles. The van der Waals surface area contributed by atoms with Gasteiger partial charge in [-0.1, -0.05) is 63.5 Å². The van der Waals surface area contributed by atoms with Gasteiger partial charge in [-0.3, -0.25) is 0 Å².